The fourth-order valence-corrected chi connectivity index (χ4v) is 3.00. The van der Waals surface area contributed by atoms with Gasteiger partial charge in [0.05, 0.1) is 6.10 Å². The summed E-state index contributed by atoms with van der Waals surface area (Å²) >= 11 is 0. The van der Waals surface area contributed by atoms with E-state index in [9.17, 15) is 4.79 Å². The summed E-state index contributed by atoms with van der Waals surface area (Å²) in [7, 11) is 0. The maximum absolute atomic E-state index is 10.4. The summed E-state index contributed by atoms with van der Waals surface area (Å²) in [6, 6.07) is 0. The second-order valence-electron chi connectivity index (χ2n) is 7.37. The van der Waals surface area contributed by atoms with Crippen LogP contribution < -0.4 is 0 Å². The Hall–Kier alpha value is -0.570. The highest BCUT2D eigenvalue weighted by Gasteiger charge is 1.97. The minimum absolute atomic E-state index is 0.339. The first kappa shape index (κ1) is 23.4. The van der Waals surface area contributed by atoms with E-state index in [-0.39, 0.29) is 0 Å². The number of hydrogen-bond acceptors (Lipinski definition) is 2. The minimum atomic E-state index is -0.657. The van der Waals surface area contributed by atoms with Crippen molar-refractivity contribution in [1.29, 1.82) is 0 Å². The van der Waals surface area contributed by atoms with Crippen molar-refractivity contribution in [2.45, 2.75) is 123 Å². The van der Waals surface area contributed by atoms with Crippen molar-refractivity contribution in [2.75, 3.05) is 6.61 Å². The van der Waals surface area contributed by atoms with E-state index in [1.807, 2.05) is 0 Å². The van der Waals surface area contributed by atoms with Crippen molar-refractivity contribution >= 4 is 5.97 Å². The van der Waals surface area contributed by atoms with Crippen molar-refractivity contribution in [3.63, 3.8) is 0 Å². The molecule has 0 saturated heterocycles. The summed E-state index contributed by atoms with van der Waals surface area (Å²) in [6.07, 6.45) is 20.1. The van der Waals surface area contributed by atoms with Crippen molar-refractivity contribution in [3.8, 4) is 0 Å². The van der Waals surface area contributed by atoms with Crippen LogP contribution in [-0.4, -0.2) is 23.8 Å². The van der Waals surface area contributed by atoms with Gasteiger partial charge in [0.25, 0.3) is 0 Å². The quantitative estimate of drug-likeness (QED) is 0.264. The number of hydrogen-bond donors (Lipinski definition) is 1. The van der Waals surface area contributed by atoms with Gasteiger partial charge in [-0.3, -0.25) is 4.79 Å². The molecule has 0 fully saturated rings. The predicted octanol–water partition coefficient (Wildman–Crippen LogP) is 6.74. The van der Waals surface area contributed by atoms with Crippen LogP contribution in [0.2, 0.25) is 0 Å². The number of carboxylic acids is 1. The van der Waals surface area contributed by atoms with Crippen molar-refractivity contribution in [2.24, 2.45) is 0 Å². The lowest BCUT2D eigenvalue weighted by atomic mass is 10.0. The zero-order valence-electron chi connectivity index (χ0n) is 16.4. The Morgan fingerprint density at radius 3 is 1.33 bits per heavy atom. The number of aliphatic carboxylic acids is 1. The van der Waals surface area contributed by atoms with Crippen molar-refractivity contribution < 1.29 is 14.6 Å². The molecule has 144 valence electrons. The average molecular weight is 343 g/mol. The largest absolute Gasteiger partial charge is 0.481 e. The van der Waals surface area contributed by atoms with Gasteiger partial charge in [0.15, 0.2) is 0 Å². The highest BCUT2D eigenvalue weighted by Crippen LogP contribution is 2.13. The summed E-state index contributed by atoms with van der Waals surface area (Å²) in [5, 5.41) is 8.55. The SMILES string of the molecule is CC(C)OCCCCCCCCCCCCCCCCCC(=O)O. The van der Waals surface area contributed by atoms with Crippen molar-refractivity contribution in [1.82, 2.24) is 0 Å². The monoisotopic (exact) mass is 342 g/mol. The molecule has 0 rings (SSSR count). The average Bonchev–Trinajstić information content (AvgIpc) is 2.53. The predicted molar refractivity (Wildman–Crippen MR) is 103 cm³/mol. The van der Waals surface area contributed by atoms with Crippen LogP contribution in [0.1, 0.15) is 117 Å². The molecule has 1 N–H and O–H groups in total. The van der Waals surface area contributed by atoms with Gasteiger partial charge >= 0.3 is 5.97 Å². The number of rotatable bonds is 19. The Balaban J connectivity index is 2.99. The molecule has 24 heavy (non-hydrogen) atoms. The third-order valence-corrected chi connectivity index (χ3v) is 4.49. The molecule has 0 aromatic carbocycles. The Morgan fingerprint density at radius 2 is 1.00 bits per heavy atom. The number of ether oxygens (including phenoxy) is 1. The van der Waals surface area contributed by atoms with E-state index < -0.39 is 5.97 Å². The van der Waals surface area contributed by atoms with Gasteiger partial charge < -0.3 is 9.84 Å². The molecule has 0 aliphatic heterocycles. The maximum Gasteiger partial charge on any atom is 0.303 e. The van der Waals surface area contributed by atoms with E-state index in [1.165, 1.54) is 83.5 Å². The molecule has 0 heterocycles. The van der Waals surface area contributed by atoms with E-state index in [0.717, 1.165) is 19.4 Å². The third-order valence-electron chi connectivity index (χ3n) is 4.49. The van der Waals surface area contributed by atoms with Crippen LogP contribution in [0.25, 0.3) is 0 Å². The van der Waals surface area contributed by atoms with Crippen LogP contribution in [0.3, 0.4) is 0 Å². The molecular weight excluding hydrogens is 300 g/mol. The van der Waals surface area contributed by atoms with Gasteiger partial charge in [-0.25, -0.2) is 0 Å². The van der Waals surface area contributed by atoms with E-state index in [0.29, 0.717) is 12.5 Å². The van der Waals surface area contributed by atoms with Crippen LogP contribution in [-0.2, 0) is 9.53 Å². The van der Waals surface area contributed by atoms with Crippen LogP contribution >= 0.6 is 0 Å². The van der Waals surface area contributed by atoms with Crippen LogP contribution in [0.15, 0.2) is 0 Å². The highest BCUT2D eigenvalue weighted by atomic mass is 16.5. The summed E-state index contributed by atoms with van der Waals surface area (Å²) in [4.78, 5) is 10.4. The van der Waals surface area contributed by atoms with E-state index in [1.54, 1.807) is 0 Å². The zero-order valence-corrected chi connectivity index (χ0v) is 16.4. The van der Waals surface area contributed by atoms with Gasteiger partial charge in [0.2, 0.25) is 0 Å². The molecule has 0 aliphatic carbocycles. The lowest BCUT2D eigenvalue weighted by Crippen LogP contribution is -2.03. The molecule has 0 aromatic heterocycles. The zero-order chi connectivity index (χ0) is 17.9. The first-order valence-corrected chi connectivity index (χ1v) is 10.5. The second kappa shape index (κ2) is 18.8. The van der Waals surface area contributed by atoms with Gasteiger partial charge in [-0.2, -0.15) is 0 Å². The Morgan fingerprint density at radius 1 is 0.667 bits per heavy atom. The normalized spacial score (nSPS) is 11.3. The van der Waals surface area contributed by atoms with Crippen LogP contribution in [0.4, 0.5) is 0 Å². The summed E-state index contributed by atoms with van der Waals surface area (Å²) in [5.74, 6) is -0.657. The number of carbonyl (C=O) groups is 1. The second-order valence-corrected chi connectivity index (χ2v) is 7.37. The molecule has 0 spiro atoms. The Bertz CT molecular complexity index is 264. The lowest BCUT2D eigenvalue weighted by molar-refractivity contribution is -0.137. The molecule has 0 amide bonds. The van der Waals surface area contributed by atoms with Gasteiger partial charge in [-0.15, -0.1) is 0 Å². The standard InChI is InChI=1S/C21H42O3/c1-20(2)24-19-17-15-13-11-9-7-5-3-4-6-8-10-12-14-16-18-21(22)23/h20H,3-19H2,1-2H3,(H,22,23). The van der Waals surface area contributed by atoms with Gasteiger partial charge in [-0.1, -0.05) is 83.5 Å². The van der Waals surface area contributed by atoms with Gasteiger partial charge in [0.1, 0.15) is 0 Å². The summed E-state index contributed by atoms with van der Waals surface area (Å²) in [6.45, 7) is 5.13. The first-order valence-electron chi connectivity index (χ1n) is 10.5. The van der Waals surface area contributed by atoms with Crippen LogP contribution in [0.5, 0.6) is 0 Å². The fourth-order valence-electron chi connectivity index (χ4n) is 3.00. The maximum atomic E-state index is 10.4. The molecule has 0 radical (unpaired) electrons. The number of unbranched alkanes of at least 4 members (excludes halogenated alkanes) is 14. The Labute approximate surface area is 150 Å². The molecule has 0 bridgehead atoms. The summed E-state index contributed by atoms with van der Waals surface area (Å²) in [5.41, 5.74) is 0. The summed E-state index contributed by atoms with van der Waals surface area (Å²) < 4.78 is 5.55. The van der Waals surface area contributed by atoms with E-state index in [4.69, 9.17) is 9.84 Å². The lowest BCUT2D eigenvalue weighted by Gasteiger charge is -2.07. The van der Waals surface area contributed by atoms with E-state index >= 15 is 0 Å². The molecule has 0 aliphatic rings. The minimum Gasteiger partial charge on any atom is -0.481 e. The topological polar surface area (TPSA) is 46.5 Å². The highest BCUT2D eigenvalue weighted by molar-refractivity contribution is 5.66. The molecule has 0 unspecified atom stereocenters. The van der Waals surface area contributed by atoms with E-state index in [2.05, 4.69) is 13.8 Å². The Kier molecular flexibility index (Phi) is 18.3. The van der Waals surface area contributed by atoms with Gasteiger partial charge in [0, 0.05) is 13.0 Å². The number of carboxylic acid groups (broad SMARTS) is 1. The molecule has 0 atom stereocenters. The smallest absolute Gasteiger partial charge is 0.303 e. The molecule has 0 saturated carbocycles. The van der Waals surface area contributed by atoms with Crippen molar-refractivity contribution in [3.05, 3.63) is 0 Å². The fraction of sp³-hybridized carbons (Fsp3) is 0.952. The molecule has 0 aromatic rings. The van der Waals surface area contributed by atoms with Gasteiger partial charge in [-0.05, 0) is 26.7 Å². The third kappa shape index (κ3) is 21.4. The van der Waals surface area contributed by atoms with Crippen LogP contribution in [0, 0.1) is 0 Å². The molecule has 3 heteroatoms. The molecule has 3 nitrogen and oxygen atoms in total. The first-order chi connectivity index (χ1) is 11.6. The molecular formula is C21H42O3.